The molecule has 0 radical (unpaired) electrons. The molecular formula is C21H22N6O3. The number of benzene rings is 1. The number of ether oxygens (including phenoxy) is 2. The van der Waals surface area contributed by atoms with Crippen LogP contribution < -0.4 is 15.4 Å². The van der Waals surface area contributed by atoms with Gasteiger partial charge in [-0.15, -0.1) is 0 Å². The molecule has 1 amide bonds. The zero-order valence-corrected chi connectivity index (χ0v) is 16.4. The maximum Gasteiger partial charge on any atom is 0.223 e. The Morgan fingerprint density at radius 2 is 2.10 bits per heavy atom. The van der Waals surface area contributed by atoms with E-state index in [9.17, 15) is 10.1 Å². The third-order valence-corrected chi connectivity index (χ3v) is 4.81. The molecule has 1 aromatic carbocycles. The summed E-state index contributed by atoms with van der Waals surface area (Å²) in [7, 11) is 0. The molecule has 30 heavy (non-hydrogen) atoms. The lowest BCUT2D eigenvalue weighted by molar-refractivity contribution is -0.135. The van der Waals surface area contributed by atoms with E-state index in [1.165, 1.54) is 0 Å². The molecule has 2 N–H and O–H groups in total. The maximum atomic E-state index is 12.2. The van der Waals surface area contributed by atoms with Crippen molar-refractivity contribution in [2.24, 2.45) is 0 Å². The van der Waals surface area contributed by atoms with Crippen molar-refractivity contribution in [1.82, 2.24) is 14.9 Å². The van der Waals surface area contributed by atoms with Crippen LogP contribution in [-0.2, 0) is 9.53 Å². The molecule has 0 saturated carbocycles. The molecule has 0 atom stereocenters. The number of carbonyl (C=O) groups excluding carboxylic acids is 1. The van der Waals surface area contributed by atoms with Gasteiger partial charge in [0.05, 0.1) is 24.6 Å². The van der Waals surface area contributed by atoms with Gasteiger partial charge in [0.15, 0.2) is 5.75 Å². The fourth-order valence-corrected chi connectivity index (χ4v) is 3.25. The van der Waals surface area contributed by atoms with Gasteiger partial charge >= 0.3 is 0 Å². The van der Waals surface area contributed by atoms with Crippen molar-refractivity contribution in [2.45, 2.75) is 12.8 Å². The van der Waals surface area contributed by atoms with Gasteiger partial charge < -0.3 is 25.0 Å². The van der Waals surface area contributed by atoms with Gasteiger partial charge in [0.1, 0.15) is 11.6 Å². The van der Waals surface area contributed by atoms with Crippen LogP contribution >= 0.6 is 0 Å². The summed E-state index contributed by atoms with van der Waals surface area (Å²) in [5.41, 5.74) is 1.55. The Morgan fingerprint density at radius 1 is 1.27 bits per heavy atom. The van der Waals surface area contributed by atoms with Gasteiger partial charge in [-0.2, -0.15) is 5.26 Å². The molecule has 0 aliphatic carbocycles. The van der Waals surface area contributed by atoms with Gasteiger partial charge in [-0.3, -0.25) is 4.79 Å². The van der Waals surface area contributed by atoms with E-state index in [1.54, 1.807) is 12.3 Å². The summed E-state index contributed by atoms with van der Waals surface area (Å²) in [6.07, 6.45) is 2.70. The first-order valence-electron chi connectivity index (χ1n) is 9.85. The highest BCUT2D eigenvalue weighted by Gasteiger charge is 2.22. The Kier molecular flexibility index (Phi) is 6.06. The van der Waals surface area contributed by atoms with Gasteiger partial charge in [0, 0.05) is 32.3 Å². The molecule has 0 spiro atoms. The van der Waals surface area contributed by atoms with Crippen LogP contribution in [0.25, 0.3) is 5.57 Å². The van der Waals surface area contributed by atoms with Crippen molar-refractivity contribution in [3.8, 4) is 11.8 Å². The van der Waals surface area contributed by atoms with Crippen molar-refractivity contribution in [3.05, 3.63) is 48.1 Å². The smallest absolute Gasteiger partial charge is 0.223 e. The number of morpholine rings is 1. The van der Waals surface area contributed by atoms with Crippen molar-refractivity contribution >= 4 is 23.1 Å². The molecule has 1 saturated heterocycles. The van der Waals surface area contributed by atoms with Crippen molar-refractivity contribution in [3.63, 3.8) is 0 Å². The van der Waals surface area contributed by atoms with Crippen LogP contribution in [0.3, 0.4) is 0 Å². The molecule has 9 nitrogen and oxygen atoms in total. The first-order valence-corrected chi connectivity index (χ1v) is 9.85. The van der Waals surface area contributed by atoms with Crippen molar-refractivity contribution < 1.29 is 14.3 Å². The number of para-hydroxylation sites is 2. The average molecular weight is 406 g/mol. The Balaban J connectivity index is 1.35. The highest BCUT2D eigenvalue weighted by atomic mass is 16.5. The first kappa shape index (κ1) is 19.7. The van der Waals surface area contributed by atoms with Gasteiger partial charge in [0.25, 0.3) is 0 Å². The predicted octanol–water partition coefficient (Wildman–Crippen LogP) is 2.22. The average Bonchev–Trinajstić information content (AvgIpc) is 3.22. The molecule has 0 unspecified atom stereocenters. The Bertz CT molecular complexity index is 967. The van der Waals surface area contributed by atoms with E-state index in [0.29, 0.717) is 74.5 Å². The molecule has 1 aromatic heterocycles. The van der Waals surface area contributed by atoms with Crippen molar-refractivity contribution in [2.75, 3.05) is 43.5 Å². The van der Waals surface area contributed by atoms with E-state index in [-0.39, 0.29) is 5.91 Å². The minimum atomic E-state index is 0.135. The summed E-state index contributed by atoms with van der Waals surface area (Å²) in [4.78, 5) is 22.6. The normalized spacial score (nSPS) is 16.7. The number of rotatable bonds is 6. The van der Waals surface area contributed by atoms with Crippen LogP contribution in [0.15, 0.2) is 42.4 Å². The zero-order valence-electron chi connectivity index (χ0n) is 16.4. The molecule has 1 fully saturated rings. The fourth-order valence-electron chi connectivity index (χ4n) is 3.25. The second-order valence-electron chi connectivity index (χ2n) is 6.83. The number of nitrogens with zero attached hydrogens (tertiary/aromatic N) is 4. The molecule has 2 aromatic rings. The summed E-state index contributed by atoms with van der Waals surface area (Å²) in [6, 6.07) is 11.3. The lowest BCUT2D eigenvalue weighted by Gasteiger charge is -2.26. The number of allylic oxidation sites excluding steroid dienone is 1. The Labute approximate surface area is 174 Å². The van der Waals surface area contributed by atoms with E-state index >= 15 is 0 Å². The van der Waals surface area contributed by atoms with Crippen LogP contribution in [-0.4, -0.2) is 53.6 Å². The zero-order chi connectivity index (χ0) is 20.8. The standard InChI is InChI=1S/C21H22N6O3/c22-14-15(20-25-17-4-1-2-5-18(17)30-20)16-7-9-24-21(26-16)23-8-3-6-19(28)27-10-12-29-13-11-27/h1-2,4-5,7,9,25H,3,6,8,10-13H2,(H,23,24,26). The highest BCUT2D eigenvalue weighted by molar-refractivity contribution is 5.81. The van der Waals surface area contributed by atoms with E-state index in [4.69, 9.17) is 9.47 Å². The van der Waals surface area contributed by atoms with Crippen molar-refractivity contribution in [1.29, 1.82) is 5.26 Å². The van der Waals surface area contributed by atoms with E-state index in [1.807, 2.05) is 29.2 Å². The number of fused-ring (bicyclic) bond motifs is 1. The maximum absolute atomic E-state index is 12.2. The number of carbonyl (C=O) groups is 1. The molecule has 2 aliphatic rings. The van der Waals surface area contributed by atoms with Crippen LogP contribution in [0.2, 0.25) is 0 Å². The number of hydrogen-bond acceptors (Lipinski definition) is 8. The first-order chi connectivity index (χ1) is 14.7. The highest BCUT2D eigenvalue weighted by Crippen LogP contribution is 2.35. The van der Waals surface area contributed by atoms with E-state index in [0.717, 1.165) is 5.69 Å². The predicted molar refractivity (Wildman–Crippen MR) is 110 cm³/mol. The van der Waals surface area contributed by atoms with Gasteiger partial charge in [-0.1, -0.05) is 12.1 Å². The lowest BCUT2D eigenvalue weighted by atomic mass is 10.2. The molecule has 9 heteroatoms. The third kappa shape index (κ3) is 4.50. The Hall–Kier alpha value is -3.64. The summed E-state index contributed by atoms with van der Waals surface area (Å²) >= 11 is 0. The number of nitrogens with one attached hydrogen (secondary N) is 2. The second-order valence-corrected chi connectivity index (χ2v) is 6.83. The Morgan fingerprint density at radius 3 is 2.90 bits per heavy atom. The summed E-state index contributed by atoms with van der Waals surface area (Å²) in [6.45, 7) is 3.07. The fraction of sp³-hybridized carbons (Fsp3) is 0.333. The number of hydrogen-bond donors (Lipinski definition) is 2. The summed E-state index contributed by atoms with van der Waals surface area (Å²) in [5, 5.41) is 15.9. The number of amides is 1. The topological polar surface area (TPSA) is 112 Å². The second kappa shape index (κ2) is 9.24. The van der Waals surface area contributed by atoms with Crippen LogP contribution in [0.4, 0.5) is 11.6 Å². The molecular weight excluding hydrogens is 384 g/mol. The molecule has 0 bridgehead atoms. The molecule has 154 valence electrons. The molecule has 2 aliphatic heterocycles. The van der Waals surface area contributed by atoms with E-state index < -0.39 is 0 Å². The number of aromatic nitrogens is 2. The molecule has 4 rings (SSSR count). The van der Waals surface area contributed by atoms with Crippen LogP contribution in [0.5, 0.6) is 5.75 Å². The minimum Gasteiger partial charge on any atom is -0.437 e. The molecule has 3 heterocycles. The lowest BCUT2D eigenvalue weighted by Crippen LogP contribution is -2.40. The largest absolute Gasteiger partial charge is 0.437 e. The quantitative estimate of drug-likeness (QED) is 0.555. The number of anilines is 2. The van der Waals surface area contributed by atoms with E-state index in [2.05, 4.69) is 26.7 Å². The summed E-state index contributed by atoms with van der Waals surface area (Å²) in [5.74, 6) is 1.54. The van der Waals surface area contributed by atoms with Crippen LogP contribution in [0.1, 0.15) is 18.5 Å². The minimum absolute atomic E-state index is 0.135. The third-order valence-electron chi connectivity index (χ3n) is 4.81. The van der Waals surface area contributed by atoms with Gasteiger partial charge in [0.2, 0.25) is 17.7 Å². The SMILES string of the molecule is N#CC(=C1Nc2ccccc2O1)c1ccnc(NCCCC(=O)N2CCOCC2)n1. The summed E-state index contributed by atoms with van der Waals surface area (Å²) < 4.78 is 11.0. The van der Waals surface area contributed by atoms with Gasteiger partial charge in [-0.25, -0.2) is 9.97 Å². The number of nitriles is 1. The van der Waals surface area contributed by atoms with Gasteiger partial charge in [-0.05, 0) is 24.6 Å². The van der Waals surface area contributed by atoms with Crippen LogP contribution in [0, 0.1) is 11.3 Å². The monoisotopic (exact) mass is 406 g/mol.